The summed E-state index contributed by atoms with van der Waals surface area (Å²) in [4.78, 5) is 11.5. The van der Waals surface area contributed by atoms with E-state index < -0.39 is 5.97 Å². The van der Waals surface area contributed by atoms with Crippen molar-refractivity contribution < 1.29 is 9.90 Å². The van der Waals surface area contributed by atoms with Crippen molar-refractivity contribution in [2.75, 3.05) is 0 Å². The molecule has 2 N–H and O–H groups in total. The molecule has 2 saturated carbocycles. The first kappa shape index (κ1) is 16.8. The monoisotopic (exact) mass is 295 g/mol. The number of aliphatic carboxylic acids is 1. The molecule has 0 radical (unpaired) electrons. The van der Waals surface area contributed by atoms with Crippen LogP contribution < -0.4 is 5.32 Å². The second-order valence-electron chi connectivity index (χ2n) is 8.81. The summed E-state index contributed by atoms with van der Waals surface area (Å²) in [5, 5.41) is 13.3. The molecule has 4 atom stereocenters. The van der Waals surface area contributed by atoms with Crippen LogP contribution in [0.3, 0.4) is 0 Å². The molecule has 3 nitrogen and oxygen atoms in total. The Kier molecular flexibility index (Phi) is 4.72. The van der Waals surface area contributed by atoms with Gasteiger partial charge in [-0.25, -0.2) is 0 Å². The van der Waals surface area contributed by atoms with Gasteiger partial charge in [-0.1, -0.05) is 41.0 Å². The zero-order chi connectivity index (χ0) is 15.8. The molecular weight excluding hydrogens is 262 g/mol. The number of carboxylic acid groups (broad SMARTS) is 1. The fraction of sp³-hybridized carbons (Fsp3) is 0.944. The second-order valence-corrected chi connectivity index (χ2v) is 8.81. The van der Waals surface area contributed by atoms with Gasteiger partial charge in [-0.05, 0) is 48.9 Å². The van der Waals surface area contributed by atoms with Crippen LogP contribution in [0, 0.1) is 22.7 Å². The molecule has 2 aliphatic carbocycles. The summed E-state index contributed by atoms with van der Waals surface area (Å²) in [6.45, 7) is 11.2. The van der Waals surface area contributed by atoms with Gasteiger partial charge in [0.15, 0.2) is 0 Å². The molecule has 2 rings (SSSR count). The van der Waals surface area contributed by atoms with Crippen molar-refractivity contribution in [1.29, 1.82) is 0 Å². The van der Waals surface area contributed by atoms with Crippen LogP contribution in [0.2, 0.25) is 0 Å². The van der Waals surface area contributed by atoms with Crippen molar-refractivity contribution in [2.45, 2.75) is 85.2 Å². The van der Waals surface area contributed by atoms with Gasteiger partial charge in [-0.2, -0.15) is 0 Å². The lowest BCUT2D eigenvalue weighted by Crippen LogP contribution is -2.54. The molecule has 2 aliphatic rings. The highest BCUT2D eigenvalue weighted by molar-refractivity contribution is 5.71. The maximum Gasteiger partial charge on any atom is 0.307 e. The maximum absolute atomic E-state index is 11.5. The second kappa shape index (κ2) is 5.91. The quantitative estimate of drug-likeness (QED) is 0.825. The third-order valence-electron chi connectivity index (χ3n) is 6.39. The van der Waals surface area contributed by atoms with Gasteiger partial charge in [0.25, 0.3) is 0 Å². The summed E-state index contributed by atoms with van der Waals surface area (Å²) < 4.78 is 0. The van der Waals surface area contributed by atoms with Gasteiger partial charge in [0.1, 0.15) is 0 Å². The van der Waals surface area contributed by atoms with Crippen LogP contribution in [0.1, 0.15) is 73.1 Å². The van der Waals surface area contributed by atoms with Crippen LogP contribution in [0.15, 0.2) is 0 Å². The molecule has 4 unspecified atom stereocenters. The van der Waals surface area contributed by atoms with Crippen molar-refractivity contribution in [1.82, 2.24) is 5.32 Å². The summed E-state index contributed by atoms with van der Waals surface area (Å²) in [6, 6.07) is 1.08. The summed E-state index contributed by atoms with van der Waals surface area (Å²) >= 11 is 0. The highest BCUT2D eigenvalue weighted by Gasteiger charge is 2.46. The number of hydrogen-bond donors (Lipinski definition) is 2. The Labute approximate surface area is 129 Å². The zero-order valence-corrected chi connectivity index (χ0v) is 14.4. The Hall–Kier alpha value is -0.570. The van der Waals surface area contributed by atoms with Crippen molar-refractivity contribution in [3.05, 3.63) is 0 Å². The number of nitrogens with one attached hydrogen (secondary N) is 1. The van der Waals surface area contributed by atoms with Crippen LogP contribution >= 0.6 is 0 Å². The minimum atomic E-state index is -0.621. The highest BCUT2D eigenvalue weighted by Crippen LogP contribution is 2.46. The lowest BCUT2D eigenvalue weighted by molar-refractivity contribution is -0.150. The predicted molar refractivity (Wildman–Crippen MR) is 86.3 cm³/mol. The van der Waals surface area contributed by atoms with E-state index in [1.54, 1.807) is 0 Å². The molecule has 0 aromatic rings. The van der Waals surface area contributed by atoms with Gasteiger partial charge < -0.3 is 10.4 Å². The summed E-state index contributed by atoms with van der Waals surface area (Å²) in [5.74, 6) is -0.421. The molecular formula is C18H33NO2. The standard InChI is InChI=1S/C18H33NO2/c1-12-15(9-8-14(16(20)21)18(12,4)5)19-13-7-6-10-17(2,3)11-13/h12-15,19H,6-11H2,1-5H3,(H,20,21). The van der Waals surface area contributed by atoms with Crippen molar-refractivity contribution in [2.24, 2.45) is 22.7 Å². The lowest BCUT2D eigenvalue weighted by atomic mass is 9.60. The molecule has 0 heterocycles. The fourth-order valence-corrected chi connectivity index (χ4v) is 4.62. The largest absolute Gasteiger partial charge is 0.481 e. The normalized spacial score (nSPS) is 38.9. The number of rotatable bonds is 3. The molecule has 0 bridgehead atoms. The summed E-state index contributed by atoms with van der Waals surface area (Å²) in [5.41, 5.74) is 0.318. The maximum atomic E-state index is 11.5. The first-order valence-electron chi connectivity index (χ1n) is 8.62. The van der Waals surface area contributed by atoms with Gasteiger partial charge >= 0.3 is 5.97 Å². The van der Waals surface area contributed by atoms with Crippen LogP contribution in [-0.2, 0) is 4.79 Å². The van der Waals surface area contributed by atoms with Crippen LogP contribution in [0.4, 0.5) is 0 Å². The minimum Gasteiger partial charge on any atom is -0.481 e. The van der Waals surface area contributed by atoms with Crippen LogP contribution in [0.25, 0.3) is 0 Å². The predicted octanol–water partition coefficient (Wildman–Crippen LogP) is 4.07. The number of carboxylic acids is 1. The van der Waals surface area contributed by atoms with Crippen molar-refractivity contribution >= 4 is 5.97 Å². The van der Waals surface area contributed by atoms with Crippen molar-refractivity contribution in [3.8, 4) is 0 Å². The average Bonchev–Trinajstić information content (AvgIpc) is 2.33. The Balaban J connectivity index is 2.00. The van der Waals surface area contributed by atoms with E-state index in [1.165, 1.54) is 25.7 Å². The highest BCUT2D eigenvalue weighted by atomic mass is 16.4. The summed E-state index contributed by atoms with van der Waals surface area (Å²) in [7, 11) is 0. The Morgan fingerprint density at radius 3 is 2.38 bits per heavy atom. The van der Waals surface area contributed by atoms with E-state index in [0.717, 1.165) is 12.8 Å². The van der Waals surface area contributed by atoms with E-state index in [-0.39, 0.29) is 11.3 Å². The first-order chi connectivity index (χ1) is 9.63. The van der Waals surface area contributed by atoms with Gasteiger partial charge in [0.05, 0.1) is 5.92 Å². The van der Waals surface area contributed by atoms with E-state index in [9.17, 15) is 9.90 Å². The van der Waals surface area contributed by atoms with Gasteiger partial charge in [0, 0.05) is 12.1 Å². The van der Waals surface area contributed by atoms with E-state index in [1.807, 2.05) is 0 Å². The summed E-state index contributed by atoms with van der Waals surface area (Å²) in [6.07, 6.45) is 6.97. The smallest absolute Gasteiger partial charge is 0.307 e. The minimum absolute atomic E-state index is 0.133. The van der Waals surface area contributed by atoms with Crippen LogP contribution in [-0.4, -0.2) is 23.2 Å². The lowest BCUT2D eigenvalue weighted by Gasteiger charge is -2.48. The molecule has 0 saturated heterocycles. The Morgan fingerprint density at radius 1 is 1.14 bits per heavy atom. The molecule has 0 amide bonds. The Bertz CT molecular complexity index is 389. The first-order valence-corrected chi connectivity index (χ1v) is 8.62. The molecule has 0 aromatic heterocycles. The molecule has 122 valence electrons. The fourth-order valence-electron chi connectivity index (χ4n) is 4.62. The van der Waals surface area contributed by atoms with Crippen LogP contribution in [0.5, 0.6) is 0 Å². The van der Waals surface area contributed by atoms with E-state index in [0.29, 0.717) is 23.4 Å². The van der Waals surface area contributed by atoms with E-state index in [2.05, 4.69) is 39.9 Å². The third kappa shape index (κ3) is 3.61. The van der Waals surface area contributed by atoms with Gasteiger partial charge in [-0.15, -0.1) is 0 Å². The SMILES string of the molecule is CC1C(NC2CCCC(C)(C)C2)CCC(C(=O)O)C1(C)C. The number of hydrogen-bond acceptors (Lipinski definition) is 2. The van der Waals surface area contributed by atoms with E-state index >= 15 is 0 Å². The number of carbonyl (C=O) groups is 1. The zero-order valence-electron chi connectivity index (χ0n) is 14.4. The molecule has 0 aliphatic heterocycles. The van der Waals surface area contributed by atoms with Gasteiger partial charge in [-0.3, -0.25) is 4.79 Å². The molecule has 0 aromatic carbocycles. The average molecular weight is 295 g/mol. The molecule has 0 spiro atoms. The topological polar surface area (TPSA) is 49.3 Å². The van der Waals surface area contributed by atoms with Gasteiger partial charge in [0.2, 0.25) is 0 Å². The molecule has 3 heteroatoms. The molecule has 21 heavy (non-hydrogen) atoms. The van der Waals surface area contributed by atoms with Crippen molar-refractivity contribution in [3.63, 3.8) is 0 Å². The Morgan fingerprint density at radius 2 is 1.81 bits per heavy atom. The van der Waals surface area contributed by atoms with E-state index in [4.69, 9.17) is 0 Å². The third-order valence-corrected chi connectivity index (χ3v) is 6.39. The molecule has 2 fully saturated rings.